The first-order chi connectivity index (χ1) is 27.5. The molecule has 6 heteroatoms. The lowest BCUT2D eigenvalue weighted by molar-refractivity contribution is -0.151. The number of carbonyl (C=O) groups excluding carboxylic acids is 2. The van der Waals surface area contributed by atoms with Gasteiger partial charge in [0.1, 0.15) is 6.10 Å². The van der Waals surface area contributed by atoms with Crippen molar-refractivity contribution in [2.45, 2.75) is 251 Å². The van der Waals surface area contributed by atoms with Gasteiger partial charge >= 0.3 is 5.97 Å². The Bertz CT molecular complexity index is 972. The van der Waals surface area contributed by atoms with Crippen LogP contribution >= 0.6 is 0 Å². The first kappa shape index (κ1) is 53.8. The van der Waals surface area contributed by atoms with E-state index in [1.165, 1.54) is 116 Å². The maximum absolute atomic E-state index is 13.1. The van der Waals surface area contributed by atoms with Crippen molar-refractivity contribution in [1.82, 2.24) is 5.32 Å². The Morgan fingerprint density at radius 2 is 0.964 bits per heavy atom. The number of aliphatic hydroxyl groups excluding tert-OH is 2. The number of amides is 1. The van der Waals surface area contributed by atoms with Crippen LogP contribution in [0.25, 0.3) is 0 Å². The maximum Gasteiger partial charge on any atom is 0.306 e. The molecule has 0 radical (unpaired) electrons. The van der Waals surface area contributed by atoms with Crippen molar-refractivity contribution in [1.29, 1.82) is 0 Å². The number of nitrogens with one attached hydrogen (secondary N) is 1. The fraction of sp³-hybridized carbons (Fsp3) is 0.800. The van der Waals surface area contributed by atoms with Gasteiger partial charge in [0.05, 0.1) is 25.2 Å². The van der Waals surface area contributed by atoms with E-state index in [1.807, 2.05) is 24.3 Å². The summed E-state index contributed by atoms with van der Waals surface area (Å²) in [5.41, 5.74) is 0. The highest BCUT2D eigenvalue weighted by Crippen LogP contribution is 2.17. The minimum Gasteiger partial charge on any atom is -0.462 e. The number of ether oxygens (including phenoxy) is 1. The summed E-state index contributed by atoms with van der Waals surface area (Å²) >= 11 is 0. The minimum absolute atomic E-state index is 0.0529. The summed E-state index contributed by atoms with van der Waals surface area (Å²) in [6.45, 7) is 6.31. The van der Waals surface area contributed by atoms with E-state index in [1.54, 1.807) is 0 Å². The number of esters is 1. The molecule has 3 N–H and O–H groups in total. The Labute approximate surface area is 346 Å². The van der Waals surface area contributed by atoms with Crippen LogP contribution in [0.1, 0.15) is 233 Å². The summed E-state index contributed by atoms with van der Waals surface area (Å²) in [5, 5.41) is 23.7. The number of hydrogen-bond acceptors (Lipinski definition) is 5. The number of allylic oxidation sites excluding steroid dienone is 8. The zero-order valence-corrected chi connectivity index (χ0v) is 37.0. The first-order valence-corrected chi connectivity index (χ1v) is 23.9. The molecule has 0 spiro atoms. The third kappa shape index (κ3) is 38.7. The molecule has 0 aliphatic heterocycles. The van der Waals surface area contributed by atoms with E-state index in [4.69, 9.17) is 4.74 Å². The summed E-state index contributed by atoms with van der Waals surface area (Å²) < 4.78 is 5.88. The van der Waals surface area contributed by atoms with Gasteiger partial charge in [-0.3, -0.25) is 9.59 Å². The third-order valence-electron chi connectivity index (χ3n) is 10.8. The van der Waals surface area contributed by atoms with E-state index in [2.05, 4.69) is 50.4 Å². The lowest BCUT2D eigenvalue weighted by atomic mass is 10.0. The number of unbranched alkanes of at least 4 members (excludes halogenated alkanes) is 25. The Balaban J connectivity index is 4.57. The molecule has 0 aliphatic rings. The molecule has 0 aromatic carbocycles. The zero-order chi connectivity index (χ0) is 41.0. The second-order valence-electron chi connectivity index (χ2n) is 16.2. The van der Waals surface area contributed by atoms with Gasteiger partial charge in [-0.25, -0.2) is 0 Å². The largest absolute Gasteiger partial charge is 0.462 e. The van der Waals surface area contributed by atoms with E-state index in [0.717, 1.165) is 70.6 Å². The molecule has 3 unspecified atom stereocenters. The summed E-state index contributed by atoms with van der Waals surface area (Å²) in [6, 6.07) is -0.711. The number of aliphatic hydroxyl groups is 2. The van der Waals surface area contributed by atoms with Gasteiger partial charge in [0.25, 0.3) is 0 Å². The highest BCUT2D eigenvalue weighted by atomic mass is 16.5. The van der Waals surface area contributed by atoms with Crippen molar-refractivity contribution in [2.75, 3.05) is 6.61 Å². The molecule has 326 valence electrons. The van der Waals surface area contributed by atoms with Crippen molar-refractivity contribution in [3.8, 4) is 0 Å². The molecule has 0 fully saturated rings. The second kappa shape index (κ2) is 43.9. The van der Waals surface area contributed by atoms with Crippen LogP contribution in [0.5, 0.6) is 0 Å². The lowest BCUT2D eigenvalue weighted by Gasteiger charge is -2.24. The van der Waals surface area contributed by atoms with E-state index >= 15 is 0 Å². The van der Waals surface area contributed by atoms with Gasteiger partial charge < -0.3 is 20.3 Å². The SMILES string of the molecule is CC/C=C/C=C/C=C/C=C\CCCCCC(CC(=O)NC(CO)C(O)CCCCCCCCCCCCCCCCC)OC(=O)CCCCCCCCCCC. The Morgan fingerprint density at radius 1 is 0.536 bits per heavy atom. The topological polar surface area (TPSA) is 95.9 Å². The van der Waals surface area contributed by atoms with E-state index in [0.29, 0.717) is 19.3 Å². The molecule has 0 bridgehead atoms. The van der Waals surface area contributed by atoms with Crippen molar-refractivity contribution < 1.29 is 24.5 Å². The third-order valence-corrected chi connectivity index (χ3v) is 10.8. The number of hydrogen-bond donors (Lipinski definition) is 3. The summed E-state index contributed by atoms with van der Waals surface area (Å²) in [4.78, 5) is 26.0. The molecule has 0 aromatic heterocycles. The van der Waals surface area contributed by atoms with Crippen molar-refractivity contribution in [3.05, 3.63) is 48.6 Å². The molecule has 0 aromatic rings. The van der Waals surface area contributed by atoms with Gasteiger partial charge in [0.15, 0.2) is 0 Å². The first-order valence-electron chi connectivity index (χ1n) is 23.9. The maximum atomic E-state index is 13.1. The van der Waals surface area contributed by atoms with Crippen LogP contribution < -0.4 is 5.32 Å². The molecule has 0 aliphatic carbocycles. The minimum atomic E-state index is -0.796. The Kier molecular flexibility index (Phi) is 42.2. The molecular weight excluding hydrogens is 695 g/mol. The van der Waals surface area contributed by atoms with Gasteiger partial charge in [-0.05, 0) is 44.9 Å². The van der Waals surface area contributed by atoms with E-state index in [-0.39, 0.29) is 24.9 Å². The molecule has 3 atom stereocenters. The molecule has 6 nitrogen and oxygen atoms in total. The average molecular weight is 786 g/mol. The lowest BCUT2D eigenvalue weighted by Crippen LogP contribution is -2.46. The molecule has 56 heavy (non-hydrogen) atoms. The van der Waals surface area contributed by atoms with Crippen LogP contribution in [-0.2, 0) is 14.3 Å². The predicted molar refractivity (Wildman–Crippen MR) is 241 cm³/mol. The fourth-order valence-corrected chi connectivity index (χ4v) is 7.15. The molecule has 0 saturated carbocycles. The van der Waals surface area contributed by atoms with E-state index in [9.17, 15) is 19.8 Å². The number of rotatable bonds is 42. The van der Waals surface area contributed by atoms with Gasteiger partial charge in [0, 0.05) is 6.42 Å². The number of carbonyl (C=O) groups is 2. The molecule has 0 rings (SSSR count). The summed E-state index contributed by atoms with van der Waals surface area (Å²) in [6.07, 6.45) is 51.7. The van der Waals surface area contributed by atoms with Gasteiger partial charge in [0.2, 0.25) is 5.91 Å². The van der Waals surface area contributed by atoms with Crippen LogP contribution in [-0.4, -0.2) is 46.9 Å². The molecule has 0 saturated heterocycles. The van der Waals surface area contributed by atoms with Crippen LogP contribution in [0.15, 0.2) is 48.6 Å². The van der Waals surface area contributed by atoms with Crippen LogP contribution in [0.2, 0.25) is 0 Å². The average Bonchev–Trinajstić information content (AvgIpc) is 3.19. The Hall–Kier alpha value is -2.18. The quantitative estimate of drug-likeness (QED) is 0.0325. The highest BCUT2D eigenvalue weighted by Gasteiger charge is 2.24. The van der Waals surface area contributed by atoms with Crippen molar-refractivity contribution in [3.63, 3.8) is 0 Å². The van der Waals surface area contributed by atoms with Gasteiger partial charge in [-0.2, -0.15) is 0 Å². The normalized spacial score (nSPS) is 13.7. The van der Waals surface area contributed by atoms with Crippen molar-refractivity contribution >= 4 is 11.9 Å². The van der Waals surface area contributed by atoms with Gasteiger partial charge in [-0.1, -0.05) is 223 Å². The Morgan fingerprint density at radius 3 is 1.46 bits per heavy atom. The van der Waals surface area contributed by atoms with Gasteiger partial charge in [-0.15, -0.1) is 0 Å². The van der Waals surface area contributed by atoms with Crippen LogP contribution in [0, 0.1) is 0 Å². The van der Waals surface area contributed by atoms with Crippen LogP contribution in [0.3, 0.4) is 0 Å². The molecule has 1 amide bonds. The van der Waals surface area contributed by atoms with Crippen LogP contribution in [0.4, 0.5) is 0 Å². The highest BCUT2D eigenvalue weighted by molar-refractivity contribution is 5.77. The summed E-state index contributed by atoms with van der Waals surface area (Å²) in [7, 11) is 0. The molecular formula is C50H91NO5. The zero-order valence-electron chi connectivity index (χ0n) is 37.0. The standard InChI is InChI=1S/C50H91NO5/c1-4-7-10-13-16-19-21-23-24-26-28-31-33-36-39-42-48(53)47(45-52)51-49(54)44-46(56-50(55)43-40-37-34-29-18-15-12-9-6-3)41-38-35-32-30-27-25-22-20-17-14-11-8-5-2/h8,11,14,17,20,22,25,27,46-48,52-53H,4-7,9-10,12-13,15-16,18-19,21,23-24,26,28-45H2,1-3H3,(H,51,54)/b11-8+,17-14+,22-20+,27-25-. The van der Waals surface area contributed by atoms with E-state index < -0.39 is 18.2 Å². The van der Waals surface area contributed by atoms with Crippen molar-refractivity contribution in [2.24, 2.45) is 0 Å². The molecule has 0 heterocycles. The summed E-state index contributed by atoms with van der Waals surface area (Å²) in [5.74, 6) is -0.513. The smallest absolute Gasteiger partial charge is 0.306 e. The fourth-order valence-electron chi connectivity index (χ4n) is 7.15. The predicted octanol–water partition coefficient (Wildman–Crippen LogP) is 13.9. The monoisotopic (exact) mass is 786 g/mol. The second-order valence-corrected chi connectivity index (χ2v) is 16.2.